The first-order chi connectivity index (χ1) is 48.5. The summed E-state index contributed by atoms with van der Waals surface area (Å²) in [5, 5.41) is 23.6. The second-order valence-electron chi connectivity index (χ2n) is 27.8. The van der Waals surface area contributed by atoms with E-state index in [1.807, 2.05) is 121 Å². The van der Waals surface area contributed by atoms with E-state index >= 15 is 0 Å². The fourth-order valence-corrected chi connectivity index (χ4v) is 10.3. The van der Waals surface area contributed by atoms with Gasteiger partial charge in [-0.15, -0.1) is 0 Å². The summed E-state index contributed by atoms with van der Waals surface area (Å²) >= 11 is 0. The van der Waals surface area contributed by atoms with Gasteiger partial charge >= 0.3 is 0 Å². The Kier molecular flexibility index (Phi) is 98.9. The van der Waals surface area contributed by atoms with E-state index in [9.17, 15) is 8.42 Å². The van der Waals surface area contributed by atoms with Crippen LogP contribution in [0.1, 0.15) is 283 Å². The van der Waals surface area contributed by atoms with Crippen LogP contribution in [0, 0.1) is 11.8 Å². The summed E-state index contributed by atoms with van der Waals surface area (Å²) in [4.78, 5) is 16.4. The van der Waals surface area contributed by atoms with Crippen LogP contribution in [-0.4, -0.2) is 273 Å². The van der Waals surface area contributed by atoms with Crippen LogP contribution >= 0.6 is 0 Å². The normalized spacial score (nSPS) is 17.9. The average Bonchev–Trinajstić information content (AvgIpc) is 1.43. The summed E-state index contributed by atoms with van der Waals surface area (Å²) in [7, 11) is -2.67. The number of aliphatic hydroxyl groups is 2. The second kappa shape index (κ2) is 86.7. The van der Waals surface area contributed by atoms with Crippen molar-refractivity contribution >= 4 is 9.84 Å². The van der Waals surface area contributed by atoms with Gasteiger partial charge in [-0.2, -0.15) is 0 Å². The smallest absolute Gasteiger partial charge is 0.144 e. The van der Waals surface area contributed by atoms with Gasteiger partial charge in [-0.25, -0.2) is 8.42 Å². The highest BCUT2D eigenvalue weighted by molar-refractivity contribution is 7.89. The molecule has 1 aromatic heterocycles. The van der Waals surface area contributed by atoms with E-state index in [2.05, 4.69) is 151 Å². The van der Waals surface area contributed by atoms with Crippen molar-refractivity contribution in [2.75, 3.05) is 170 Å². The number of sulfone groups is 1. The lowest BCUT2D eigenvalue weighted by molar-refractivity contribution is -0.0167. The van der Waals surface area contributed by atoms with Crippen molar-refractivity contribution in [1.82, 2.24) is 40.1 Å². The number of aliphatic hydroxyl groups excluding tert-OH is 2. The summed E-state index contributed by atoms with van der Waals surface area (Å²) < 4.78 is 51.4. The van der Waals surface area contributed by atoms with Gasteiger partial charge in [0.25, 0.3) is 0 Å². The Morgan fingerprint density at radius 2 is 0.824 bits per heavy atom. The fraction of sp³-hybridized carbons (Fsp3) is 0.940. The number of ether oxygens (including phenoxy) is 6. The minimum Gasteiger partial charge on any atom is -0.394 e. The first-order valence-electron chi connectivity index (χ1n) is 41.6. The Morgan fingerprint density at radius 3 is 1.14 bits per heavy atom. The number of likely N-dealkylation sites (tertiary alicyclic amines) is 3. The van der Waals surface area contributed by atoms with Crippen LogP contribution in [0.4, 0.5) is 0 Å². The lowest BCUT2D eigenvalue weighted by atomic mass is 10.1. The molecule has 18 nitrogen and oxygen atoms in total. The quantitative estimate of drug-likeness (QED) is 0.102. The predicted octanol–water partition coefficient (Wildman–Crippen LogP) is 16.6. The number of nitrogens with one attached hydrogen (secondary N) is 2. The zero-order chi connectivity index (χ0) is 80.1. The third kappa shape index (κ3) is 92.7. The van der Waals surface area contributed by atoms with E-state index < -0.39 is 15.9 Å². The van der Waals surface area contributed by atoms with Crippen LogP contribution in [0.15, 0.2) is 24.5 Å². The van der Waals surface area contributed by atoms with E-state index in [0.717, 1.165) is 128 Å². The maximum atomic E-state index is 9.63. The van der Waals surface area contributed by atoms with Crippen LogP contribution in [0.5, 0.6) is 0 Å². The fourth-order valence-electron chi connectivity index (χ4n) is 10.3. The Morgan fingerprint density at radius 1 is 0.480 bits per heavy atom. The van der Waals surface area contributed by atoms with E-state index in [-0.39, 0.29) is 19.3 Å². The lowest BCUT2D eigenvalue weighted by Crippen LogP contribution is -2.38. The third-order valence-corrected chi connectivity index (χ3v) is 14.9. The summed E-state index contributed by atoms with van der Waals surface area (Å²) in [6, 6.07) is 5.64. The molecule has 0 aromatic carbocycles. The van der Waals surface area contributed by atoms with Gasteiger partial charge in [0.05, 0.1) is 82.9 Å². The molecule has 7 saturated heterocycles. The molecular weight excluding hydrogens is 1300 g/mol. The highest BCUT2D eigenvalue weighted by atomic mass is 32.2. The zero-order valence-electron chi connectivity index (χ0n) is 74.0. The minimum absolute atomic E-state index is 0.117. The minimum atomic E-state index is -2.67. The maximum Gasteiger partial charge on any atom is 0.144 e. The highest BCUT2D eigenvalue weighted by Crippen LogP contribution is 2.14. The number of piperidine rings is 2. The van der Waals surface area contributed by atoms with Crippen LogP contribution in [-0.2, 0) is 38.3 Å². The van der Waals surface area contributed by atoms with Crippen molar-refractivity contribution in [1.29, 1.82) is 0 Å². The van der Waals surface area contributed by atoms with Crippen molar-refractivity contribution < 1.29 is 47.1 Å². The number of morpholine rings is 2. The molecule has 7 fully saturated rings. The van der Waals surface area contributed by atoms with Gasteiger partial charge in [-0.3, -0.25) is 14.8 Å². The van der Waals surface area contributed by atoms with Crippen molar-refractivity contribution in [3.8, 4) is 0 Å². The van der Waals surface area contributed by atoms with Crippen molar-refractivity contribution in [2.45, 2.75) is 333 Å². The molecule has 7 aliphatic rings. The summed E-state index contributed by atoms with van der Waals surface area (Å²) in [5.74, 6) is 2.26. The Labute approximate surface area is 638 Å². The number of aromatic nitrogens is 1. The van der Waals surface area contributed by atoms with Crippen molar-refractivity contribution in [3.63, 3.8) is 0 Å². The first kappa shape index (κ1) is 116. The molecule has 0 radical (unpaired) electrons. The maximum absolute atomic E-state index is 9.63. The monoisotopic (exact) mass is 1490 g/mol. The van der Waals surface area contributed by atoms with Crippen LogP contribution in [0.25, 0.3) is 0 Å². The van der Waals surface area contributed by atoms with Gasteiger partial charge in [-0.1, -0.05) is 131 Å². The van der Waals surface area contributed by atoms with Gasteiger partial charge in [0.2, 0.25) is 0 Å². The largest absolute Gasteiger partial charge is 0.394 e. The Hall–Kier alpha value is -1.50. The summed E-state index contributed by atoms with van der Waals surface area (Å²) in [6.45, 7) is 87.6. The first-order valence-corrected chi connectivity index (χ1v) is 43.9. The molecule has 7 aliphatic heterocycles. The molecule has 0 aliphatic carbocycles. The van der Waals surface area contributed by atoms with Crippen LogP contribution in [0.3, 0.4) is 0 Å². The Balaban J connectivity index is -0.000000158. The van der Waals surface area contributed by atoms with E-state index in [1.165, 1.54) is 122 Å². The summed E-state index contributed by atoms with van der Waals surface area (Å²) in [5.41, 5.74) is 1.35. The summed E-state index contributed by atoms with van der Waals surface area (Å²) in [6.07, 6.45) is 21.0. The van der Waals surface area contributed by atoms with Crippen molar-refractivity contribution in [3.05, 3.63) is 30.1 Å². The van der Waals surface area contributed by atoms with Crippen LogP contribution < -0.4 is 10.6 Å². The van der Waals surface area contributed by atoms with Crippen LogP contribution in [0.2, 0.25) is 0 Å². The molecule has 0 saturated carbocycles. The lowest BCUT2D eigenvalue weighted by Gasteiger charge is -2.29. The zero-order valence-corrected chi connectivity index (χ0v) is 74.8. The molecule has 0 amide bonds. The molecule has 622 valence electrons. The average molecular weight is 1490 g/mol. The molecular formula is C83H184N8O10S. The number of nitrogens with zero attached hydrogens (tertiary/aromatic N) is 6. The molecule has 2 unspecified atom stereocenters. The van der Waals surface area contributed by atoms with Gasteiger partial charge in [0.15, 0.2) is 0 Å². The highest BCUT2D eigenvalue weighted by Gasteiger charge is 2.18. The second-order valence-corrected chi connectivity index (χ2v) is 30.1. The molecule has 19 heteroatoms. The number of pyridine rings is 1. The molecule has 8 rings (SSSR count). The standard InChI is InChI=1S/C9H19NO2.2C8H17NO.C8H11N.2C8H17N.C7H15NO.C7H15N.C6H14O3.C2H6O2S.6C2H6/c1-9(2)12-8-5-10-3-6-11-7-4-10;1-8(2)7-9-3-5-10-6-4-9;1-7(2)10-8-3-5-9-6-4-8;1-7(2)8-3-5-9-6-4-8;1-8(2)7-9-5-3-4-6-9;1-8(2)9-6-4-3-5-7-9;1-6(2)9-7-3-4-8-5-7;1-7(2)8-5-3-4-6-8;1-5(2)9-4-6(8)3-7;1-5(2,3)4;6*1-2/h9H,3-8H2,1-2H3;8H,3-7H2,1-2H3;7-9H,3-6H2,1-2H3;3-7H,1-2H3;2*8H,3-7H2,1-2H3;6-8H,3-5H2,1-2H3;7H,3-6H2,1-2H3;5-8H,3-4H2,1-2H3;1-2H3;6*1-2H3. The molecule has 8 heterocycles. The SMILES string of the molecule is CC.CC.CC.CC.CC.CC.CC(C)CN1CCCC1.CC(C)CN1CCOCC1.CC(C)N1CCCC1.CC(C)N1CCCCC1.CC(C)OC1CCNC1.CC(C)OC1CCNCC1.CC(C)OCC(O)CO.CC(C)OCCN1CCOCC1.CC(C)c1ccncc1.CS(C)(=O)=O. The molecule has 2 atom stereocenters. The number of hydrogen-bond acceptors (Lipinski definition) is 18. The van der Waals surface area contributed by atoms with Gasteiger partial charge in [0, 0.05) is 89.3 Å². The van der Waals surface area contributed by atoms with Crippen molar-refractivity contribution in [2.24, 2.45) is 11.8 Å². The van der Waals surface area contributed by atoms with E-state index in [1.54, 1.807) is 0 Å². The number of hydrogen-bond donors (Lipinski definition) is 4. The van der Waals surface area contributed by atoms with E-state index in [4.69, 9.17) is 38.6 Å². The molecule has 1 aromatic rings. The molecule has 0 bridgehead atoms. The molecule has 102 heavy (non-hydrogen) atoms. The number of rotatable bonds is 19. The molecule has 4 N–H and O–H groups in total. The Bertz CT molecular complexity index is 1700. The van der Waals surface area contributed by atoms with Gasteiger partial charge in [-0.05, 0) is 235 Å². The predicted molar refractivity (Wildman–Crippen MR) is 448 cm³/mol. The van der Waals surface area contributed by atoms with Gasteiger partial charge < -0.3 is 64.0 Å². The van der Waals surface area contributed by atoms with E-state index in [0.29, 0.717) is 36.4 Å². The topological polar surface area (TPSA) is 183 Å². The van der Waals surface area contributed by atoms with Gasteiger partial charge in [0.1, 0.15) is 15.9 Å². The third-order valence-electron chi connectivity index (χ3n) is 14.9. The molecule has 0 spiro atoms.